The average Bonchev–Trinajstić information content (AvgIpc) is 3.22. The number of carbonyl (C=O) groups is 2. The molecular weight excluding hydrogens is 396 g/mol. The summed E-state index contributed by atoms with van der Waals surface area (Å²) in [5, 5.41) is 0.511. The van der Waals surface area contributed by atoms with Crippen molar-refractivity contribution in [1.29, 1.82) is 0 Å². The van der Waals surface area contributed by atoms with Crippen LogP contribution in [0.15, 0.2) is 71.1 Å². The van der Waals surface area contributed by atoms with Crippen LogP contribution in [-0.2, 0) is 4.74 Å². The second kappa shape index (κ2) is 8.36. The van der Waals surface area contributed by atoms with Crippen molar-refractivity contribution < 1.29 is 28.2 Å². The third-order valence-corrected chi connectivity index (χ3v) is 5.04. The second-order valence-electron chi connectivity index (χ2n) is 6.79. The highest BCUT2D eigenvalue weighted by molar-refractivity contribution is 6.14. The molecule has 0 saturated carbocycles. The fraction of sp³-hybridized carbons (Fsp3) is 0.120. The lowest BCUT2D eigenvalue weighted by Gasteiger charge is -2.05. The first-order valence-corrected chi connectivity index (χ1v) is 9.53. The Labute approximate surface area is 179 Å². The molecule has 6 nitrogen and oxygen atoms in total. The molecule has 31 heavy (non-hydrogen) atoms. The summed E-state index contributed by atoms with van der Waals surface area (Å²) in [6, 6.07) is 19.0. The van der Waals surface area contributed by atoms with E-state index in [1.54, 1.807) is 80.9 Å². The molecule has 0 aliphatic rings. The molecule has 0 amide bonds. The molecule has 0 bridgehead atoms. The molecule has 156 valence electrons. The highest BCUT2D eigenvalue weighted by atomic mass is 16.5. The first kappa shape index (κ1) is 20.2. The topological polar surface area (TPSA) is 75.0 Å². The molecule has 0 spiro atoms. The first-order valence-electron chi connectivity index (χ1n) is 9.53. The maximum absolute atomic E-state index is 13.0. The Morgan fingerprint density at radius 2 is 1.32 bits per heavy atom. The van der Waals surface area contributed by atoms with E-state index >= 15 is 0 Å². The standard InChI is InChI=1S/C25H20O6/c1-28-18-9-4-15(5-10-18)23(26)17-8-13-21-20(14-17)22(25(27)30-3)24(31-21)16-6-11-19(29-2)12-7-16/h4-14H,1-3H3. The monoisotopic (exact) mass is 416 g/mol. The van der Waals surface area contributed by atoms with Crippen LogP contribution < -0.4 is 9.47 Å². The summed E-state index contributed by atoms with van der Waals surface area (Å²) in [5.74, 6) is 1.01. The van der Waals surface area contributed by atoms with Crippen LogP contribution in [0.5, 0.6) is 11.5 Å². The minimum Gasteiger partial charge on any atom is -0.497 e. The molecule has 4 aromatic rings. The van der Waals surface area contributed by atoms with Gasteiger partial charge in [0.1, 0.15) is 28.4 Å². The number of carbonyl (C=O) groups excluding carboxylic acids is 2. The van der Waals surface area contributed by atoms with Crippen LogP contribution >= 0.6 is 0 Å². The zero-order valence-corrected chi connectivity index (χ0v) is 17.3. The van der Waals surface area contributed by atoms with Gasteiger partial charge in [-0.1, -0.05) is 0 Å². The smallest absolute Gasteiger partial charge is 0.342 e. The van der Waals surface area contributed by atoms with E-state index in [9.17, 15) is 9.59 Å². The van der Waals surface area contributed by atoms with E-state index in [-0.39, 0.29) is 11.3 Å². The lowest BCUT2D eigenvalue weighted by Crippen LogP contribution is -2.04. The average molecular weight is 416 g/mol. The van der Waals surface area contributed by atoms with Gasteiger partial charge in [0.15, 0.2) is 5.78 Å². The van der Waals surface area contributed by atoms with Crippen molar-refractivity contribution >= 4 is 22.7 Å². The summed E-state index contributed by atoms with van der Waals surface area (Å²) in [7, 11) is 4.46. The summed E-state index contributed by atoms with van der Waals surface area (Å²) in [6.45, 7) is 0. The van der Waals surface area contributed by atoms with Gasteiger partial charge >= 0.3 is 5.97 Å². The Hall–Kier alpha value is -4.06. The summed E-state index contributed by atoms with van der Waals surface area (Å²) in [5.41, 5.74) is 2.40. The number of ketones is 1. The largest absolute Gasteiger partial charge is 0.497 e. The predicted molar refractivity (Wildman–Crippen MR) is 116 cm³/mol. The number of fused-ring (bicyclic) bond motifs is 1. The third-order valence-electron chi connectivity index (χ3n) is 5.04. The predicted octanol–water partition coefficient (Wildman–Crippen LogP) is 5.13. The molecule has 0 aliphatic carbocycles. The SMILES string of the molecule is COC(=O)c1c(-c2ccc(OC)cc2)oc2ccc(C(=O)c3ccc(OC)cc3)cc12. The van der Waals surface area contributed by atoms with Gasteiger partial charge in [0, 0.05) is 22.1 Å². The fourth-order valence-electron chi connectivity index (χ4n) is 3.40. The number of hydrogen-bond acceptors (Lipinski definition) is 6. The molecule has 0 atom stereocenters. The van der Waals surface area contributed by atoms with Gasteiger partial charge in [-0.3, -0.25) is 4.79 Å². The van der Waals surface area contributed by atoms with Gasteiger partial charge in [-0.25, -0.2) is 4.79 Å². The van der Waals surface area contributed by atoms with E-state index in [1.165, 1.54) is 7.11 Å². The third kappa shape index (κ3) is 3.75. The Bertz CT molecular complexity index is 1250. The molecule has 0 fully saturated rings. The van der Waals surface area contributed by atoms with Crippen molar-refractivity contribution in [3.05, 3.63) is 83.4 Å². The van der Waals surface area contributed by atoms with Gasteiger partial charge < -0.3 is 18.6 Å². The van der Waals surface area contributed by atoms with Crippen molar-refractivity contribution in [2.75, 3.05) is 21.3 Å². The summed E-state index contributed by atoms with van der Waals surface area (Å²) < 4.78 is 21.3. The molecule has 0 N–H and O–H groups in total. The number of rotatable bonds is 6. The van der Waals surface area contributed by atoms with Crippen LogP contribution in [0.3, 0.4) is 0 Å². The lowest BCUT2D eigenvalue weighted by atomic mass is 9.99. The number of ether oxygens (including phenoxy) is 3. The van der Waals surface area contributed by atoms with E-state index in [2.05, 4.69) is 0 Å². The van der Waals surface area contributed by atoms with Crippen LogP contribution in [0.25, 0.3) is 22.3 Å². The van der Waals surface area contributed by atoms with Crippen molar-refractivity contribution in [3.63, 3.8) is 0 Å². The summed E-state index contributed by atoms with van der Waals surface area (Å²) in [4.78, 5) is 25.6. The van der Waals surface area contributed by atoms with Crippen molar-refractivity contribution in [1.82, 2.24) is 0 Å². The maximum Gasteiger partial charge on any atom is 0.342 e. The second-order valence-corrected chi connectivity index (χ2v) is 6.79. The molecule has 3 aromatic carbocycles. The molecule has 0 aliphatic heterocycles. The Morgan fingerprint density at radius 1 is 0.742 bits per heavy atom. The Balaban J connectivity index is 1.82. The number of furan rings is 1. The van der Waals surface area contributed by atoms with E-state index in [4.69, 9.17) is 18.6 Å². The molecule has 0 saturated heterocycles. The van der Waals surface area contributed by atoms with E-state index in [0.29, 0.717) is 44.9 Å². The number of hydrogen-bond donors (Lipinski definition) is 0. The molecule has 4 rings (SSSR count). The molecule has 1 aromatic heterocycles. The Kier molecular flexibility index (Phi) is 5.45. The van der Waals surface area contributed by atoms with Gasteiger partial charge in [-0.15, -0.1) is 0 Å². The van der Waals surface area contributed by atoms with Crippen LogP contribution in [-0.4, -0.2) is 33.1 Å². The molecule has 0 radical (unpaired) electrons. The molecular formula is C25H20O6. The Morgan fingerprint density at radius 3 is 1.90 bits per heavy atom. The van der Waals surface area contributed by atoms with Crippen molar-refractivity contribution in [2.24, 2.45) is 0 Å². The maximum atomic E-state index is 13.0. The quantitative estimate of drug-likeness (QED) is 0.320. The number of esters is 1. The fourth-order valence-corrected chi connectivity index (χ4v) is 3.40. The van der Waals surface area contributed by atoms with Gasteiger partial charge in [0.25, 0.3) is 0 Å². The van der Waals surface area contributed by atoms with Crippen LogP contribution in [0, 0.1) is 0 Å². The first-order chi connectivity index (χ1) is 15.0. The molecule has 1 heterocycles. The van der Waals surface area contributed by atoms with Crippen LogP contribution in [0.2, 0.25) is 0 Å². The lowest BCUT2D eigenvalue weighted by molar-refractivity contribution is 0.0603. The van der Waals surface area contributed by atoms with Gasteiger partial charge in [0.2, 0.25) is 0 Å². The van der Waals surface area contributed by atoms with Crippen molar-refractivity contribution in [2.45, 2.75) is 0 Å². The minimum absolute atomic E-state index is 0.174. The highest BCUT2D eigenvalue weighted by Crippen LogP contribution is 2.35. The number of methoxy groups -OCH3 is 3. The zero-order chi connectivity index (χ0) is 22.0. The summed E-state index contributed by atoms with van der Waals surface area (Å²) >= 11 is 0. The zero-order valence-electron chi connectivity index (χ0n) is 17.3. The van der Waals surface area contributed by atoms with E-state index in [1.807, 2.05) is 0 Å². The molecule has 6 heteroatoms. The normalized spacial score (nSPS) is 10.7. The van der Waals surface area contributed by atoms with Crippen LogP contribution in [0.1, 0.15) is 26.3 Å². The highest BCUT2D eigenvalue weighted by Gasteiger charge is 2.24. The van der Waals surface area contributed by atoms with Crippen molar-refractivity contribution in [3.8, 4) is 22.8 Å². The molecule has 0 unspecified atom stereocenters. The minimum atomic E-state index is -0.543. The van der Waals surface area contributed by atoms with E-state index < -0.39 is 5.97 Å². The van der Waals surface area contributed by atoms with E-state index in [0.717, 1.165) is 0 Å². The van der Waals surface area contributed by atoms with Gasteiger partial charge in [0.05, 0.1) is 21.3 Å². The van der Waals surface area contributed by atoms with Crippen LogP contribution in [0.4, 0.5) is 0 Å². The number of benzene rings is 3. The van der Waals surface area contributed by atoms with Gasteiger partial charge in [-0.2, -0.15) is 0 Å². The van der Waals surface area contributed by atoms with Gasteiger partial charge in [-0.05, 0) is 66.7 Å². The summed E-state index contributed by atoms with van der Waals surface area (Å²) in [6.07, 6.45) is 0.